The summed E-state index contributed by atoms with van der Waals surface area (Å²) in [6.07, 6.45) is 2.85. The molecule has 0 bridgehead atoms. The Bertz CT molecular complexity index is 493. The van der Waals surface area contributed by atoms with E-state index in [1.807, 2.05) is 0 Å². The molecule has 1 fully saturated rings. The number of nitrogens with one attached hydrogen (secondary N) is 1. The lowest BCUT2D eigenvalue weighted by Gasteiger charge is -2.16. The largest absolute Gasteiger partial charge is 0.398 e. The number of halogens is 1. The van der Waals surface area contributed by atoms with E-state index in [9.17, 15) is 9.18 Å². The molecule has 1 aliphatic rings. The number of rotatable bonds is 4. The first-order chi connectivity index (χ1) is 9.01. The van der Waals surface area contributed by atoms with Crippen LogP contribution in [0, 0.1) is 5.82 Å². The highest BCUT2D eigenvalue weighted by atomic mass is 19.1. The van der Waals surface area contributed by atoms with Gasteiger partial charge >= 0.3 is 0 Å². The summed E-state index contributed by atoms with van der Waals surface area (Å²) in [6.45, 7) is 0. The summed E-state index contributed by atoms with van der Waals surface area (Å²) in [5.74, 6) is -1.15. The number of ether oxygens (including phenoxy) is 1. The molecular formula is C13H18FN3O2. The summed E-state index contributed by atoms with van der Waals surface area (Å²) < 4.78 is 19.1. The minimum Gasteiger partial charge on any atom is -0.398 e. The second kappa shape index (κ2) is 5.44. The number of anilines is 2. The van der Waals surface area contributed by atoms with Crippen LogP contribution in [0.2, 0.25) is 0 Å². The molecule has 2 atom stereocenters. The second-order valence-electron chi connectivity index (χ2n) is 4.80. The zero-order chi connectivity index (χ0) is 14.0. The number of nitrogens with two attached hydrogens (primary N) is 2. The highest BCUT2D eigenvalue weighted by Crippen LogP contribution is 2.28. The van der Waals surface area contributed by atoms with Crippen LogP contribution < -0.4 is 16.8 Å². The summed E-state index contributed by atoms with van der Waals surface area (Å²) in [5, 5.41) is 3.08. The Kier molecular flexibility index (Phi) is 3.90. The van der Waals surface area contributed by atoms with Crippen LogP contribution in [-0.2, 0) is 4.74 Å². The molecule has 104 valence electrons. The van der Waals surface area contributed by atoms with E-state index >= 15 is 0 Å². The molecule has 0 saturated heterocycles. The fourth-order valence-corrected chi connectivity index (χ4v) is 2.42. The van der Waals surface area contributed by atoms with Gasteiger partial charge in [-0.05, 0) is 31.4 Å². The van der Waals surface area contributed by atoms with Crippen LogP contribution in [0.3, 0.4) is 0 Å². The number of primary amides is 1. The summed E-state index contributed by atoms with van der Waals surface area (Å²) in [4.78, 5) is 11.2. The maximum Gasteiger partial charge on any atom is 0.250 e. The quantitative estimate of drug-likeness (QED) is 0.721. The molecule has 0 heterocycles. The third-order valence-corrected chi connectivity index (χ3v) is 3.48. The van der Waals surface area contributed by atoms with Crippen LogP contribution in [0.5, 0.6) is 0 Å². The van der Waals surface area contributed by atoms with Crippen molar-refractivity contribution in [2.75, 3.05) is 18.2 Å². The fraction of sp³-hybridized carbons (Fsp3) is 0.462. The van der Waals surface area contributed by atoms with Crippen LogP contribution in [0.1, 0.15) is 29.6 Å². The van der Waals surface area contributed by atoms with Gasteiger partial charge in [0, 0.05) is 18.8 Å². The Balaban J connectivity index is 2.16. The van der Waals surface area contributed by atoms with Gasteiger partial charge in [0.05, 0.1) is 17.4 Å². The molecule has 5 nitrogen and oxygen atoms in total. The average Bonchev–Trinajstić information content (AvgIpc) is 2.80. The van der Waals surface area contributed by atoms with Crippen molar-refractivity contribution in [3.8, 4) is 0 Å². The van der Waals surface area contributed by atoms with E-state index in [1.54, 1.807) is 7.11 Å². The Labute approximate surface area is 111 Å². The van der Waals surface area contributed by atoms with Gasteiger partial charge in [0.15, 0.2) is 0 Å². The smallest absolute Gasteiger partial charge is 0.250 e. The molecule has 5 N–H and O–H groups in total. The topological polar surface area (TPSA) is 90.4 Å². The summed E-state index contributed by atoms with van der Waals surface area (Å²) >= 11 is 0. The lowest BCUT2D eigenvalue weighted by molar-refractivity contribution is 0.100. The van der Waals surface area contributed by atoms with Crippen molar-refractivity contribution in [1.29, 1.82) is 0 Å². The SMILES string of the molecule is COC1CCC(Nc2cc(C(N)=O)c(N)cc2F)C1. The van der Waals surface area contributed by atoms with Gasteiger partial charge in [0.2, 0.25) is 0 Å². The standard InChI is InChI=1S/C13H18FN3O2/c1-19-8-3-2-7(4-8)17-12-5-9(13(16)18)11(15)6-10(12)14/h5-8,17H,2-4,15H2,1H3,(H2,16,18). The van der Waals surface area contributed by atoms with Crippen molar-refractivity contribution >= 4 is 17.3 Å². The second-order valence-corrected chi connectivity index (χ2v) is 4.80. The van der Waals surface area contributed by atoms with Crippen LogP contribution in [0.4, 0.5) is 15.8 Å². The van der Waals surface area contributed by atoms with Gasteiger partial charge in [-0.1, -0.05) is 0 Å². The number of amides is 1. The first kappa shape index (κ1) is 13.6. The van der Waals surface area contributed by atoms with Crippen molar-refractivity contribution < 1.29 is 13.9 Å². The third kappa shape index (κ3) is 2.96. The van der Waals surface area contributed by atoms with Gasteiger partial charge in [0.25, 0.3) is 5.91 Å². The van der Waals surface area contributed by atoms with Gasteiger partial charge in [-0.2, -0.15) is 0 Å². The van der Waals surface area contributed by atoms with E-state index in [0.717, 1.165) is 25.3 Å². The van der Waals surface area contributed by atoms with Gasteiger partial charge in [-0.25, -0.2) is 4.39 Å². The zero-order valence-corrected chi connectivity index (χ0v) is 10.8. The Hall–Kier alpha value is -1.82. The maximum atomic E-state index is 13.8. The Morgan fingerprint density at radius 3 is 2.79 bits per heavy atom. The van der Waals surface area contributed by atoms with Gasteiger partial charge in [0.1, 0.15) is 5.82 Å². The lowest BCUT2D eigenvalue weighted by atomic mass is 10.1. The van der Waals surface area contributed by atoms with Crippen molar-refractivity contribution in [3.05, 3.63) is 23.5 Å². The number of carbonyl (C=O) groups excluding carboxylic acids is 1. The molecule has 0 aromatic heterocycles. The van der Waals surface area contributed by atoms with E-state index in [4.69, 9.17) is 16.2 Å². The average molecular weight is 267 g/mol. The number of carbonyl (C=O) groups is 1. The van der Waals surface area contributed by atoms with E-state index < -0.39 is 11.7 Å². The van der Waals surface area contributed by atoms with Crippen LogP contribution in [-0.4, -0.2) is 25.2 Å². The normalized spacial score (nSPS) is 22.4. The lowest BCUT2D eigenvalue weighted by Crippen LogP contribution is -2.20. The predicted octanol–water partition coefficient (Wildman–Crippen LogP) is 1.49. The van der Waals surface area contributed by atoms with E-state index in [2.05, 4.69) is 5.32 Å². The zero-order valence-electron chi connectivity index (χ0n) is 10.8. The number of nitrogen functional groups attached to an aromatic ring is 1. The molecule has 1 aliphatic carbocycles. The van der Waals surface area contributed by atoms with Gasteiger partial charge in [-0.15, -0.1) is 0 Å². The predicted molar refractivity (Wildman–Crippen MR) is 71.4 cm³/mol. The molecule has 0 aliphatic heterocycles. The van der Waals surface area contributed by atoms with Crippen LogP contribution >= 0.6 is 0 Å². The maximum absolute atomic E-state index is 13.8. The molecule has 1 saturated carbocycles. The Morgan fingerprint density at radius 2 is 2.21 bits per heavy atom. The van der Waals surface area contributed by atoms with Gasteiger partial charge < -0.3 is 21.5 Å². The molecule has 0 radical (unpaired) electrons. The van der Waals surface area contributed by atoms with Crippen LogP contribution in [0.15, 0.2) is 12.1 Å². The highest BCUT2D eigenvalue weighted by Gasteiger charge is 2.25. The van der Waals surface area contributed by atoms with E-state index in [-0.39, 0.29) is 29.1 Å². The van der Waals surface area contributed by atoms with Crippen molar-refractivity contribution in [1.82, 2.24) is 0 Å². The molecule has 1 aromatic carbocycles. The summed E-state index contributed by atoms with van der Waals surface area (Å²) in [6, 6.07) is 2.61. The molecule has 1 amide bonds. The summed E-state index contributed by atoms with van der Waals surface area (Å²) in [7, 11) is 1.67. The monoisotopic (exact) mass is 267 g/mol. The molecule has 1 aromatic rings. The third-order valence-electron chi connectivity index (χ3n) is 3.48. The number of benzene rings is 1. The molecule has 2 unspecified atom stereocenters. The molecule has 6 heteroatoms. The Morgan fingerprint density at radius 1 is 1.47 bits per heavy atom. The fourth-order valence-electron chi connectivity index (χ4n) is 2.42. The van der Waals surface area contributed by atoms with Gasteiger partial charge in [-0.3, -0.25) is 4.79 Å². The number of hydrogen-bond acceptors (Lipinski definition) is 4. The number of hydrogen-bond donors (Lipinski definition) is 3. The number of methoxy groups -OCH3 is 1. The minimum atomic E-state index is -0.665. The van der Waals surface area contributed by atoms with E-state index in [0.29, 0.717) is 0 Å². The first-order valence-corrected chi connectivity index (χ1v) is 6.19. The van der Waals surface area contributed by atoms with E-state index in [1.165, 1.54) is 6.07 Å². The molecular weight excluding hydrogens is 249 g/mol. The van der Waals surface area contributed by atoms with Crippen molar-refractivity contribution in [2.45, 2.75) is 31.4 Å². The van der Waals surface area contributed by atoms with Crippen LogP contribution in [0.25, 0.3) is 0 Å². The minimum absolute atomic E-state index is 0.0525. The molecule has 19 heavy (non-hydrogen) atoms. The highest BCUT2D eigenvalue weighted by molar-refractivity contribution is 5.99. The molecule has 2 rings (SSSR count). The molecule has 0 spiro atoms. The summed E-state index contributed by atoms with van der Waals surface area (Å²) in [5.41, 5.74) is 11.2. The first-order valence-electron chi connectivity index (χ1n) is 6.19. The van der Waals surface area contributed by atoms with Crippen molar-refractivity contribution in [2.24, 2.45) is 5.73 Å². The van der Waals surface area contributed by atoms with Crippen molar-refractivity contribution in [3.63, 3.8) is 0 Å².